The molecule has 1 aromatic heterocycles. The highest BCUT2D eigenvalue weighted by atomic mass is 79.9. The standard InChI is InChI=1S/C12H11BrN4O3/c1-7-5-8(3-4-9(7)13)20-11-10(17(18)19)6-15-12(14-2)16-11/h3-6H,1-2H3,(H,14,15,16). The van der Waals surface area contributed by atoms with Crippen molar-refractivity contribution in [3.8, 4) is 11.6 Å². The maximum absolute atomic E-state index is 11.0. The Balaban J connectivity index is 2.40. The van der Waals surface area contributed by atoms with Gasteiger partial charge in [-0.15, -0.1) is 0 Å². The normalized spacial score (nSPS) is 10.2. The quantitative estimate of drug-likeness (QED) is 0.679. The molecule has 7 nitrogen and oxygen atoms in total. The monoisotopic (exact) mass is 338 g/mol. The van der Waals surface area contributed by atoms with Gasteiger partial charge in [0.1, 0.15) is 11.9 Å². The van der Waals surface area contributed by atoms with Crippen LogP contribution >= 0.6 is 15.9 Å². The third-order valence-electron chi connectivity index (χ3n) is 2.50. The molecule has 0 atom stereocenters. The molecule has 0 saturated carbocycles. The highest BCUT2D eigenvalue weighted by Gasteiger charge is 2.19. The number of hydrogen-bond donors (Lipinski definition) is 1. The lowest BCUT2D eigenvalue weighted by atomic mass is 10.2. The van der Waals surface area contributed by atoms with E-state index in [0.717, 1.165) is 16.2 Å². The largest absolute Gasteiger partial charge is 0.434 e. The molecular formula is C12H11BrN4O3. The number of nitrogens with one attached hydrogen (secondary N) is 1. The first-order valence-electron chi connectivity index (χ1n) is 5.64. The Labute approximate surface area is 123 Å². The smallest absolute Gasteiger partial charge is 0.349 e. The van der Waals surface area contributed by atoms with E-state index >= 15 is 0 Å². The minimum Gasteiger partial charge on any atom is -0.434 e. The Hall–Kier alpha value is -2.22. The van der Waals surface area contributed by atoms with E-state index in [-0.39, 0.29) is 17.5 Å². The second kappa shape index (κ2) is 5.83. The summed E-state index contributed by atoms with van der Waals surface area (Å²) in [6, 6.07) is 5.26. The van der Waals surface area contributed by atoms with Gasteiger partial charge in [-0.25, -0.2) is 4.98 Å². The van der Waals surface area contributed by atoms with Gasteiger partial charge in [0, 0.05) is 11.5 Å². The Morgan fingerprint density at radius 1 is 1.45 bits per heavy atom. The molecule has 1 heterocycles. The number of benzene rings is 1. The van der Waals surface area contributed by atoms with Crippen molar-refractivity contribution in [3.05, 3.63) is 44.5 Å². The van der Waals surface area contributed by atoms with E-state index in [1.165, 1.54) is 0 Å². The first-order chi connectivity index (χ1) is 9.51. The van der Waals surface area contributed by atoms with Gasteiger partial charge in [-0.3, -0.25) is 10.1 Å². The summed E-state index contributed by atoms with van der Waals surface area (Å²) >= 11 is 3.38. The third-order valence-corrected chi connectivity index (χ3v) is 3.39. The van der Waals surface area contributed by atoms with Crippen LogP contribution in [0.4, 0.5) is 11.6 Å². The van der Waals surface area contributed by atoms with Crippen LogP contribution in [0.2, 0.25) is 0 Å². The van der Waals surface area contributed by atoms with Crippen molar-refractivity contribution in [2.75, 3.05) is 12.4 Å². The van der Waals surface area contributed by atoms with Crippen molar-refractivity contribution in [2.24, 2.45) is 0 Å². The third kappa shape index (κ3) is 3.02. The van der Waals surface area contributed by atoms with Crippen LogP contribution in [0.15, 0.2) is 28.9 Å². The van der Waals surface area contributed by atoms with Crippen molar-refractivity contribution in [3.63, 3.8) is 0 Å². The Morgan fingerprint density at radius 2 is 2.20 bits per heavy atom. The maximum atomic E-state index is 11.0. The molecule has 20 heavy (non-hydrogen) atoms. The topological polar surface area (TPSA) is 90.2 Å². The van der Waals surface area contributed by atoms with E-state index in [1.54, 1.807) is 25.2 Å². The summed E-state index contributed by atoms with van der Waals surface area (Å²) in [6.07, 6.45) is 1.11. The van der Waals surface area contributed by atoms with Crippen molar-refractivity contribution in [1.29, 1.82) is 0 Å². The molecular weight excluding hydrogens is 328 g/mol. The lowest BCUT2D eigenvalue weighted by Crippen LogP contribution is -2.02. The molecule has 0 saturated heterocycles. The zero-order valence-corrected chi connectivity index (χ0v) is 12.3. The SMILES string of the molecule is CNc1ncc([N+](=O)[O-])c(Oc2ccc(Br)c(C)c2)n1. The van der Waals surface area contributed by atoms with Crippen LogP contribution in [0.5, 0.6) is 11.6 Å². The molecule has 0 amide bonds. The minimum absolute atomic E-state index is 0.101. The fraction of sp³-hybridized carbons (Fsp3) is 0.167. The van der Waals surface area contributed by atoms with Gasteiger partial charge in [0.15, 0.2) is 0 Å². The number of anilines is 1. The summed E-state index contributed by atoms with van der Waals surface area (Å²) in [4.78, 5) is 18.1. The molecule has 2 rings (SSSR count). The molecule has 0 aliphatic heterocycles. The number of nitrogens with zero attached hydrogens (tertiary/aromatic N) is 3. The molecule has 0 spiro atoms. The molecule has 0 radical (unpaired) electrons. The van der Waals surface area contributed by atoms with E-state index in [4.69, 9.17) is 4.74 Å². The van der Waals surface area contributed by atoms with E-state index in [0.29, 0.717) is 5.75 Å². The van der Waals surface area contributed by atoms with Crippen LogP contribution in [0.1, 0.15) is 5.56 Å². The summed E-state index contributed by atoms with van der Waals surface area (Å²) in [5.41, 5.74) is 0.664. The maximum Gasteiger partial charge on any atom is 0.349 e. The first kappa shape index (κ1) is 14.2. The van der Waals surface area contributed by atoms with Crippen LogP contribution in [0, 0.1) is 17.0 Å². The first-order valence-corrected chi connectivity index (χ1v) is 6.43. The van der Waals surface area contributed by atoms with Crippen LogP contribution in [0.3, 0.4) is 0 Å². The van der Waals surface area contributed by atoms with E-state index in [9.17, 15) is 10.1 Å². The van der Waals surface area contributed by atoms with Crippen molar-refractivity contribution >= 4 is 27.6 Å². The fourth-order valence-corrected chi connectivity index (χ4v) is 1.72. The van der Waals surface area contributed by atoms with E-state index < -0.39 is 4.92 Å². The summed E-state index contributed by atoms with van der Waals surface area (Å²) < 4.78 is 6.42. The van der Waals surface area contributed by atoms with Gasteiger partial charge in [0.05, 0.1) is 4.92 Å². The predicted octanol–water partition coefficient (Wildman–Crippen LogP) is 3.29. The average molecular weight is 339 g/mol. The molecule has 0 bridgehead atoms. The second-order valence-corrected chi connectivity index (χ2v) is 4.76. The van der Waals surface area contributed by atoms with Gasteiger partial charge in [-0.05, 0) is 30.7 Å². The summed E-state index contributed by atoms with van der Waals surface area (Å²) in [7, 11) is 1.62. The van der Waals surface area contributed by atoms with Crippen LogP contribution in [-0.2, 0) is 0 Å². The number of rotatable bonds is 4. The zero-order chi connectivity index (χ0) is 14.7. The van der Waals surface area contributed by atoms with E-state index in [1.807, 2.05) is 6.92 Å². The molecule has 0 aliphatic rings. The molecule has 104 valence electrons. The van der Waals surface area contributed by atoms with Gasteiger partial charge < -0.3 is 10.1 Å². The summed E-state index contributed by atoms with van der Waals surface area (Å²) in [5, 5.41) is 13.7. The number of aromatic nitrogens is 2. The van der Waals surface area contributed by atoms with Gasteiger partial charge in [0.2, 0.25) is 5.95 Å². The zero-order valence-electron chi connectivity index (χ0n) is 10.8. The highest BCUT2D eigenvalue weighted by Crippen LogP contribution is 2.31. The number of ether oxygens (including phenoxy) is 1. The summed E-state index contributed by atoms with van der Waals surface area (Å²) in [5.74, 6) is 0.616. The number of halogens is 1. The minimum atomic E-state index is -0.583. The molecule has 8 heteroatoms. The molecule has 0 aliphatic carbocycles. The Morgan fingerprint density at radius 3 is 2.80 bits per heavy atom. The van der Waals surface area contributed by atoms with Crippen LogP contribution in [0.25, 0.3) is 0 Å². The van der Waals surface area contributed by atoms with Gasteiger partial charge in [-0.1, -0.05) is 15.9 Å². The number of nitro groups is 1. The second-order valence-electron chi connectivity index (χ2n) is 3.90. The molecule has 0 unspecified atom stereocenters. The van der Waals surface area contributed by atoms with Crippen molar-refractivity contribution in [2.45, 2.75) is 6.92 Å². The summed E-state index contributed by atoms with van der Waals surface area (Å²) in [6.45, 7) is 1.89. The Bertz CT molecular complexity index is 663. The Kier molecular flexibility index (Phi) is 4.14. The lowest BCUT2D eigenvalue weighted by molar-refractivity contribution is -0.386. The van der Waals surface area contributed by atoms with Crippen molar-refractivity contribution in [1.82, 2.24) is 9.97 Å². The molecule has 2 aromatic rings. The van der Waals surface area contributed by atoms with E-state index in [2.05, 4.69) is 31.2 Å². The predicted molar refractivity (Wildman–Crippen MR) is 77.2 cm³/mol. The number of hydrogen-bond acceptors (Lipinski definition) is 6. The molecule has 1 N–H and O–H groups in total. The van der Waals surface area contributed by atoms with Crippen molar-refractivity contribution < 1.29 is 9.66 Å². The molecule has 1 aromatic carbocycles. The fourth-order valence-electron chi connectivity index (χ4n) is 1.47. The van der Waals surface area contributed by atoms with Gasteiger partial charge in [-0.2, -0.15) is 4.98 Å². The van der Waals surface area contributed by atoms with Crippen LogP contribution in [-0.4, -0.2) is 21.9 Å². The van der Waals surface area contributed by atoms with Crippen LogP contribution < -0.4 is 10.1 Å². The average Bonchev–Trinajstić information content (AvgIpc) is 2.42. The van der Waals surface area contributed by atoms with Gasteiger partial charge in [0.25, 0.3) is 0 Å². The number of aryl methyl sites for hydroxylation is 1. The molecule has 0 fully saturated rings. The highest BCUT2D eigenvalue weighted by molar-refractivity contribution is 9.10. The lowest BCUT2D eigenvalue weighted by Gasteiger charge is -2.07. The van der Waals surface area contributed by atoms with Gasteiger partial charge >= 0.3 is 11.6 Å².